The highest BCUT2D eigenvalue weighted by atomic mass is 79.9. The van der Waals surface area contributed by atoms with Crippen molar-refractivity contribution in [3.63, 3.8) is 0 Å². The van der Waals surface area contributed by atoms with Gasteiger partial charge in [0, 0.05) is 49.3 Å². The molecule has 0 radical (unpaired) electrons. The van der Waals surface area contributed by atoms with E-state index in [1.807, 2.05) is 6.07 Å². The molecule has 2 aromatic carbocycles. The minimum atomic E-state index is -3.25. The molecule has 1 aliphatic rings. The van der Waals surface area contributed by atoms with Crippen molar-refractivity contribution in [2.45, 2.75) is 30.2 Å². The molecule has 1 aliphatic heterocycles. The maximum Gasteiger partial charge on any atom is 0.321 e. The van der Waals surface area contributed by atoms with Crippen LogP contribution in [0.5, 0.6) is 0 Å². The van der Waals surface area contributed by atoms with Gasteiger partial charge in [0.1, 0.15) is 5.82 Å². The molecule has 2 aromatic heterocycles. The van der Waals surface area contributed by atoms with Crippen molar-refractivity contribution in [3.8, 4) is 6.07 Å². The summed E-state index contributed by atoms with van der Waals surface area (Å²) in [5, 5.41) is 19.8. The summed E-state index contributed by atoms with van der Waals surface area (Å²) in [7, 11) is -3.25. The van der Waals surface area contributed by atoms with Crippen LogP contribution in [0.4, 0.5) is 16.3 Å². The molecule has 0 spiro atoms. The van der Waals surface area contributed by atoms with Crippen LogP contribution in [0, 0.1) is 11.3 Å². The number of halogens is 1. The third-order valence-electron chi connectivity index (χ3n) is 6.72. The maximum atomic E-state index is 12.8. The van der Waals surface area contributed by atoms with E-state index in [2.05, 4.69) is 37.7 Å². The van der Waals surface area contributed by atoms with Crippen molar-refractivity contribution < 1.29 is 13.2 Å². The summed E-state index contributed by atoms with van der Waals surface area (Å²) in [6.45, 7) is 1.64. The molecule has 0 saturated carbocycles. The number of likely N-dealkylation sites (tertiary alicyclic amines) is 1. The van der Waals surface area contributed by atoms with Gasteiger partial charge in [-0.05, 0) is 64.7 Å². The molecule has 1 saturated heterocycles. The number of anilines is 2. The lowest BCUT2D eigenvalue weighted by atomic mass is 9.93. The molecule has 10 nitrogen and oxygen atoms in total. The Kier molecular flexibility index (Phi) is 7.54. The van der Waals surface area contributed by atoms with Gasteiger partial charge in [0.05, 0.1) is 27.2 Å². The van der Waals surface area contributed by atoms with Gasteiger partial charge in [-0.15, -0.1) is 0 Å². The monoisotopic (exact) mass is 607 g/mol. The molecule has 2 amide bonds. The summed E-state index contributed by atoms with van der Waals surface area (Å²) in [5.74, 6) is 0.933. The first kappa shape index (κ1) is 26.6. The van der Waals surface area contributed by atoms with Crippen molar-refractivity contribution in [2.24, 2.45) is 0 Å². The number of fused-ring (bicyclic) bond motifs is 1. The van der Waals surface area contributed by atoms with E-state index in [4.69, 9.17) is 10.2 Å². The van der Waals surface area contributed by atoms with Crippen LogP contribution in [0.1, 0.15) is 35.6 Å². The van der Waals surface area contributed by atoms with Gasteiger partial charge in [-0.2, -0.15) is 14.9 Å². The largest absolute Gasteiger partial charge is 0.366 e. The fourth-order valence-corrected chi connectivity index (χ4v) is 5.56. The fraction of sp³-hybridized carbons (Fsp3) is 0.259. The molecule has 200 valence electrons. The zero-order valence-electron chi connectivity index (χ0n) is 21.1. The van der Waals surface area contributed by atoms with Crippen LogP contribution in [-0.2, 0) is 16.4 Å². The van der Waals surface area contributed by atoms with Gasteiger partial charge in [0.15, 0.2) is 15.5 Å². The zero-order valence-corrected chi connectivity index (χ0v) is 23.5. The SMILES string of the molecule is CS(=O)(=O)c1ccc(CNc2cc(C3CCN(C(=O)Nc4cccc(C#N)c4)CC3)nc3c(Br)cnn23)cc1. The van der Waals surface area contributed by atoms with E-state index in [0.29, 0.717) is 36.5 Å². The van der Waals surface area contributed by atoms with Crippen LogP contribution in [0.3, 0.4) is 0 Å². The number of carbonyl (C=O) groups is 1. The van der Waals surface area contributed by atoms with Gasteiger partial charge >= 0.3 is 6.03 Å². The molecule has 4 aromatic rings. The van der Waals surface area contributed by atoms with Gasteiger partial charge in [-0.1, -0.05) is 18.2 Å². The lowest BCUT2D eigenvalue weighted by molar-refractivity contribution is 0.194. The lowest BCUT2D eigenvalue weighted by Gasteiger charge is -2.32. The average molecular weight is 609 g/mol. The number of sulfone groups is 1. The second-order valence-electron chi connectivity index (χ2n) is 9.45. The molecule has 39 heavy (non-hydrogen) atoms. The topological polar surface area (TPSA) is 132 Å². The number of carbonyl (C=O) groups excluding carboxylic acids is 1. The van der Waals surface area contributed by atoms with Gasteiger partial charge < -0.3 is 15.5 Å². The first-order valence-electron chi connectivity index (χ1n) is 12.3. The van der Waals surface area contributed by atoms with E-state index >= 15 is 0 Å². The number of amides is 2. The number of piperidine rings is 1. The maximum absolute atomic E-state index is 12.8. The first-order chi connectivity index (χ1) is 18.7. The summed E-state index contributed by atoms with van der Waals surface area (Å²) in [5.41, 5.74) is 3.63. The third-order valence-corrected chi connectivity index (χ3v) is 8.40. The van der Waals surface area contributed by atoms with Gasteiger partial charge in [-0.3, -0.25) is 0 Å². The smallest absolute Gasteiger partial charge is 0.321 e. The van der Waals surface area contributed by atoms with Crippen molar-refractivity contribution >= 4 is 49.0 Å². The van der Waals surface area contributed by atoms with Crippen LogP contribution in [0.2, 0.25) is 0 Å². The Labute approximate surface area is 234 Å². The molecule has 0 aliphatic carbocycles. The normalized spacial score (nSPS) is 14.2. The number of nitrogens with zero attached hydrogens (tertiary/aromatic N) is 5. The van der Waals surface area contributed by atoms with Crippen LogP contribution in [-0.4, -0.2) is 53.3 Å². The van der Waals surface area contributed by atoms with E-state index in [0.717, 1.165) is 34.4 Å². The molecule has 3 heterocycles. The summed E-state index contributed by atoms with van der Waals surface area (Å²) in [6, 6.07) is 17.5. The second kappa shape index (κ2) is 11.0. The summed E-state index contributed by atoms with van der Waals surface area (Å²) in [6.07, 6.45) is 4.41. The van der Waals surface area contributed by atoms with Crippen molar-refractivity contribution in [1.29, 1.82) is 5.26 Å². The second-order valence-corrected chi connectivity index (χ2v) is 12.3. The molecule has 5 rings (SSSR count). The fourth-order valence-electron chi connectivity index (χ4n) is 4.58. The number of urea groups is 1. The van der Waals surface area contributed by atoms with Crippen molar-refractivity contribution in [3.05, 3.63) is 82.1 Å². The highest BCUT2D eigenvalue weighted by Crippen LogP contribution is 2.31. The van der Waals surface area contributed by atoms with Crippen LogP contribution >= 0.6 is 15.9 Å². The van der Waals surface area contributed by atoms with Crippen molar-refractivity contribution in [1.82, 2.24) is 19.5 Å². The average Bonchev–Trinajstić information content (AvgIpc) is 3.32. The van der Waals surface area contributed by atoms with Crippen LogP contribution in [0.25, 0.3) is 5.65 Å². The molecule has 0 atom stereocenters. The predicted molar refractivity (Wildman–Crippen MR) is 151 cm³/mol. The first-order valence-corrected chi connectivity index (χ1v) is 15.0. The lowest BCUT2D eigenvalue weighted by Crippen LogP contribution is -2.40. The molecule has 1 fully saturated rings. The Morgan fingerprint density at radius 1 is 1.15 bits per heavy atom. The summed E-state index contributed by atoms with van der Waals surface area (Å²) in [4.78, 5) is 19.7. The Morgan fingerprint density at radius 2 is 1.90 bits per heavy atom. The number of nitrogens with one attached hydrogen (secondary N) is 2. The number of hydrogen-bond donors (Lipinski definition) is 2. The molecule has 0 bridgehead atoms. The Bertz CT molecular complexity index is 1670. The van der Waals surface area contributed by atoms with E-state index in [9.17, 15) is 13.2 Å². The van der Waals surface area contributed by atoms with Crippen LogP contribution < -0.4 is 10.6 Å². The highest BCUT2D eigenvalue weighted by Gasteiger charge is 2.26. The zero-order chi connectivity index (χ0) is 27.6. The van der Waals surface area contributed by atoms with Crippen molar-refractivity contribution in [2.75, 3.05) is 30.0 Å². The Morgan fingerprint density at radius 3 is 2.59 bits per heavy atom. The predicted octanol–water partition coefficient (Wildman–Crippen LogP) is 4.79. The molecular formula is C27H26BrN7O3S. The molecule has 2 N–H and O–H groups in total. The van der Waals surface area contributed by atoms with E-state index < -0.39 is 9.84 Å². The summed E-state index contributed by atoms with van der Waals surface area (Å²) >= 11 is 3.54. The Hall–Kier alpha value is -3.95. The third kappa shape index (κ3) is 6.05. The minimum Gasteiger partial charge on any atom is -0.366 e. The molecule has 12 heteroatoms. The van der Waals surface area contributed by atoms with Crippen LogP contribution in [0.15, 0.2) is 70.2 Å². The summed E-state index contributed by atoms with van der Waals surface area (Å²) < 4.78 is 26.0. The quantitative estimate of drug-likeness (QED) is 0.322. The number of rotatable bonds is 6. The number of aromatic nitrogens is 3. The molecular weight excluding hydrogens is 582 g/mol. The van der Waals surface area contributed by atoms with E-state index in [1.54, 1.807) is 64.1 Å². The number of hydrogen-bond acceptors (Lipinski definition) is 7. The standard InChI is InChI=1S/C27H26BrN7O3S/c1-39(37,38)22-7-5-18(6-8-22)16-30-25-14-24(33-26-23(28)17-31-35(25)26)20-9-11-34(12-10-20)27(36)32-21-4-2-3-19(13-21)15-29/h2-8,13-14,17,20,30H,9-12,16H2,1H3,(H,32,36). The van der Waals surface area contributed by atoms with E-state index in [1.165, 1.54) is 6.26 Å². The van der Waals surface area contributed by atoms with E-state index in [-0.39, 0.29) is 16.8 Å². The Balaban J connectivity index is 1.28. The minimum absolute atomic E-state index is 0.164. The van der Waals surface area contributed by atoms with Gasteiger partial charge in [-0.25, -0.2) is 18.2 Å². The number of nitriles is 1. The van der Waals surface area contributed by atoms with Gasteiger partial charge in [0.25, 0.3) is 0 Å². The van der Waals surface area contributed by atoms with Gasteiger partial charge in [0.2, 0.25) is 0 Å². The highest BCUT2D eigenvalue weighted by molar-refractivity contribution is 9.10. The molecule has 0 unspecified atom stereocenters. The number of benzene rings is 2.